The summed E-state index contributed by atoms with van der Waals surface area (Å²) in [6.07, 6.45) is -1.60. The van der Waals surface area contributed by atoms with Gasteiger partial charge in [-0.3, -0.25) is 0 Å². The topological polar surface area (TPSA) is 30.7 Å². The molecule has 0 aliphatic heterocycles. The van der Waals surface area contributed by atoms with Gasteiger partial charge in [-0.1, -0.05) is 6.07 Å². The molecule has 3 nitrogen and oxygen atoms in total. The van der Waals surface area contributed by atoms with Gasteiger partial charge in [0.15, 0.2) is 0 Å². The fourth-order valence-corrected chi connectivity index (χ4v) is 1.09. The summed E-state index contributed by atoms with van der Waals surface area (Å²) in [5.41, 5.74) is -0.580. The summed E-state index contributed by atoms with van der Waals surface area (Å²) in [4.78, 5) is 1.08. The van der Waals surface area contributed by atoms with Crippen molar-refractivity contribution < 1.29 is 13.2 Å². The van der Waals surface area contributed by atoms with Crippen LogP contribution in [0.4, 0.5) is 13.2 Å². The first-order valence-electron chi connectivity index (χ1n) is 4.03. The Hall–Kier alpha value is -1.85. The molecule has 1 heterocycles. The van der Waals surface area contributed by atoms with E-state index in [-0.39, 0.29) is 5.69 Å². The third-order valence-corrected chi connectivity index (χ3v) is 1.75. The highest BCUT2D eigenvalue weighted by Crippen LogP contribution is 2.29. The van der Waals surface area contributed by atoms with E-state index in [4.69, 9.17) is 0 Å². The van der Waals surface area contributed by atoms with Crippen molar-refractivity contribution in [1.29, 1.82) is 0 Å². The largest absolute Gasteiger partial charge is 0.416 e. The first kappa shape index (κ1) is 9.70. The van der Waals surface area contributed by atoms with E-state index in [1.54, 1.807) is 0 Å². The number of hydrogen-bond donors (Lipinski definition) is 0. The molecule has 1 aromatic heterocycles. The average molecular weight is 212 g/mol. The van der Waals surface area contributed by atoms with Gasteiger partial charge in [0.2, 0.25) is 0 Å². The van der Waals surface area contributed by atoms with Crippen molar-refractivity contribution in [3.05, 3.63) is 42.2 Å². The minimum Gasteiger partial charge on any atom is -0.166 e. The number of hydrogen-bond acceptors (Lipinski definition) is 2. The number of aromatic nitrogens is 3. The lowest BCUT2D eigenvalue weighted by Crippen LogP contribution is -2.07. The molecule has 0 bridgehead atoms. The maximum Gasteiger partial charge on any atom is 0.416 e. The molecule has 0 fully saturated rings. The Kier molecular flexibility index (Phi) is 2.18. The normalized spacial score (nSPS) is 11.7. The van der Waals surface area contributed by atoms with Crippen LogP contribution in [-0.4, -0.2) is 15.0 Å². The SMILES string of the molecule is FC(F)(F)c1cc[c]c(-n2nccn2)c1. The lowest BCUT2D eigenvalue weighted by Gasteiger charge is -2.07. The van der Waals surface area contributed by atoms with E-state index in [0.717, 1.165) is 16.9 Å². The van der Waals surface area contributed by atoms with E-state index in [0.29, 0.717) is 0 Å². The summed E-state index contributed by atoms with van der Waals surface area (Å²) in [5.74, 6) is 0. The summed E-state index contributed by atoms with van der Waals surface area (Å²) in [5, 5.41) is 7.43. The van der Waals surface area contributed by atoms with Gasteiger partial charge in [0.25, 0.3) is 0 Å². The predicted molar refractivity (Wildman–Crippen MR) is 45.2 cm³/mol. The molecule has 77 valence electrons. The second-order valence-electron chi connectivity index (χ2n) is 2.78. The highest BCUT2D eigenvalue weighted by atomic mass is 19.4. The summed E-state index contributed by atoms with van der Waals surface area (Å²) in [7, 11) is 0. The first-order valence-corrected chi connectivity index (χ1v) is 4.03. The van der Waals surface area contributed by atoms with Crippen LogP contribution in [-0.2, 0) is 6.18 Å². The zero-order valence-electron chi connectivity index (χ0n) is 7.36. The van der Waals surface area contributed by atoms with Gasteiger partial charge >= 0.3 is 6.18 Å². The van der Waals surface area contributed by atoms with Crippen LogP contribution in [0, 0.1) is 6.07 Å². The van der Waals surface area contributed by atoms with Crippen LogP contribution in [0.15, 0.2) is 30.6 Å². The Balaban J connectivity index is 2.44. The minimum atomic E-state index is -4.36. The maximum atomic E-state index is 12.3. The Morgan fingerprint density at radius 1 is 1.20 bits per heavy atom. The van der Waals surface area contributed by atoms with Crippen LogP contribution in [0.2, 0.25) is 0 Å². The van der Waals surface area contributed by atoms with E-state index in [2.05, 4.69) is 16.3 Å². The van der Waals surface area contributed by atoms with Crippen molar-refractivity contribution in [2.45, 2.75) is 6.18 Å². The van der Waals surface area contributed by atoms with Gasteiger partial charge in [-0.15, -0.1) is 0 Å². The molecule has 15 heavy (non-hydrogen) atoms. The van der Waals surface area contributed by atoms with Gasteiger partial charge in [-0.05, 0) is 12.1 Å². The van der Waals surface area contributed by atoms with Crippen molar-refractivity contribution in [2.24, 2.45) is 0 Å². The van der Waals surface area contributed by atoms with E-state index >= 15 is 0 Å². The molecule has 0 amide bonds. The molecule has 1 radical (unpaired) electrons. The van der Waals surface area contributed by atoms with Crippen LogP contribution in [0.5, 0.6) is 0 Å². The second kappa shape index (κ2) is 3.38. The summed E-state index contributed by atoms with van der Waals surface area (Å²) >= 11 is 0. The number of nitrogens with zero attached hydrogens (tertiary/aromatic N) is 3. The zero-order chi connectivity index (χ0) is 10.9. The molecule has 0 unspecified atom stereocenters. The number of benzene rings is 1. The third kappa shape index (κ3) is 1.98. The van der Waals surface area contributed by atoms with Crippen molar-refractivity contribution in [3.8, 4) is 5.69 Å². The Morgan fingerprint density at radius 3 is 2.47 bits per heavy atom. The summed E-state index contributed by atoms with van der Waals surface area (Å²) in [6.45, 7) is 0. The molecule has 0 atom stereocenters. The van der Waals surface area contributed by atoms with Gasteiger partial charge in [0.1, 0.15) is 0 Å². The second-order valence-corrected chi connectivity index (χ2v) is 2.78. The fourth-order valence-electron chi connectivity index (χ4n) is 1.09. The Morgan fingerprint density at radius 2 is 1.87 bits per heavy atom. The predicted octanol–water partition coefficient (Wildman–Crippen LogP) is 2.09. The molecule has 6 heteroatoms. The highest BCUT2D eigenvalue weighted by molar-refractivity contribution is 5.33. The molecule has 0 N–H and O–H groups in total. The fraction of sp³-hybridized carbons (Fsp3) is 0.111. The molecular weight excluding hydrogens is 207 g/mol. The van der Waals surface area contributed by atoms with Crippen LogP contribution < -0.4 is 0 Å². The lowest BCUT2D eigenvalue weighted by atomic mass is 10.2. The smallest absolute Gasteiger partial charge is 0.166 e. The van der Waals surface area contributed by atoms with Crippen molar-refractivity contribution >= 4 is 0 Å². The van der Waals surface area contributed by atoms with Gasteiger partial charge in [0.05, 0.1) is 23.6 Å². The monoisotopic (exact) mass is 212 g/mol. The molecule has 0 spiro atoms. The van der Waals surface area contributed by atoms with E-state index < -0.39 is 11.7 Å². The van der Waals surface area contributed by atoms with Crippen molar-refractivity contribution in [2.75, 3.05) is 0 Å². The summed E-state index contributed by atoms with van der Waals surface area (Å²) < 4.78 is 37.0. The summed E-state index contributed by atoms with van der Waals surface area (Å²) in [6, 6.07) is 5.71. The standard InChI is InChI=1S/C9H5F3N3/c10-9(11,12)7-2-1-3-8(6-7)15-13-4-5-14-15/h1-2,4-6H. The first-order chi connectivity index (χ1) is 7.07. The number of alkyl halides is 3. The van der Waals surface area contributed by atoms with E-state index in [1.807, 2.05) is 0 Å². The van der Waals surface area contributed by atoms with E-state index in [1.165, 1.54) is 18.5 Å². The molecule has 0 saturated heterocycles. The van der Waals surface area contributed by atoms with E-state index in [9.17, 15) is 13.2 Å². The molecule has 2 aromatic rings. The molecular formula is C9H5F3N3. The van der Waals surface area contributed by atoms with Gasteiger partial charge < -0.3 is 0 Å². The zero-order valence-corrected chi connectivity index (χ0v) is 7.36. The van der Waals surface area contributed by atoms with Gasteiger partial charge in [-0.25, -0.2) is 0 Å². The third-order valence-electron chi connectivity index (χ3n) is 1.75. The molecule has 1 aromatic carbocycles. The molecule has 0 saturated carbocycles. The average Bonchev–Trinajstić information content (AvgIpc) is 2.69. The van der Waals surface area contributed by atoms with Crippen LogP contribution >= 0.6 is 0 Å². The van der Waals surface area contributed by atoms with Crippen LogP contribution in [0.3, 0.4) is 0 Å². The van der Waals surface area contributed by atoms with Crippen LogP contribution in [0.1, 0.15) is 5.56 Å². The van der Waals surface area contributed by atoms with Crippen molar-refractivity contribution in [1.82, 2.24) is 15.0 Å². The maximum absolute atomic E-state index is 12.3. The van der Waals surface area contributed by atoms with Gasteiger partial charge in [0, 0.05) is 6.07 Å². The quantitative estimate of drug-likeness (QED) is 0.724. The highest BCUT2D eigenvalue weighted by Gasteiger charge is 2.30. The number of rotatable bonds is 1. The van der Waals surface area contributed by atoms with Crippen molar-refractivity contribution in [3.63, 3.8) is 0 Å². The Bertz CT molecular complexity index is 448. The molecule has 0 aliphatic rings. The van der Waals surface area contributed by atoms with Crippen LogP contribution in [0.25, 0.3) is 5.69 Å². The van der Waals surface area contributed by atoms with Gasteiger partial charge in [-0.2, -0.15) is 28.2 Å². The minimum absolute atomic E-state index is 0.162. The number of halogens is 3. The lowest BCUT2D eigenvalue weighted by molar-refractivity contribution is -0.137. The molecule has 0 aliphatic carbocycles. The molecule has 2 rings (SSSR count). The Labute approximate surface area is 83.1 Å².